The normalized spacial score (nSPS) is 17.4. The average molecular weight is 377 g/mol. The molecular weight excluding hydrogens is 356 g/mol. The predicted octanol–water partition coefficient (Wildman–Crippen LogP) is 2.97. The number of thiazole rings is 1. The van der Waals surface area contributed by atoms with Crippen LogP contribution in [0.1, 0.15) is 29.8 Å². The van der Waals surface area contributed by atoms with Gasteiger partial charge >= 0.3 is 0 Å². The maximum Gasteiger partial charge on any atom is 0.242 e. The maximum atomic E-state index is 12.6. The van der Waals surface area contributed by atoms with Gasteiger partial charge in [-0.25, -0.2) is 13.4 Å². The lowest BCUT2D eigenvalue weighted by Crippen LogP contribution is -2.39. The fourth-order valence-electron chi connectivity index (χ4n) is 3.41. The molecule has 2 heterocycles. The molecule has 25 heavy (non-hydrogen) atoms. The Hall–Kier alpha value is -1.73. The van der Waals surface area contributed by atoms with Crippen LogP contribution in [0.25, 0.3) is 11.3 Å². The zero-order valence-electron chi connectivity index (χ0n) is 14.1. The summed E-state index contributed by atoms with van der Waals surface area (Å²) in [5.41, 5.74) is 3.91. The second-order valence-electron chi connectivity index (χ2n) is 6.75. The standard InChI is InChI=1S/C18H20N2O3S2/c1-12-19-16(10-24-12)13-5-6-17-14(9-13)7-8-20(17)18(21)11-25(22,23)15-3-2-4-15/h5-6,9-10,15H,2-4,7-8,11H2,1H3. The summed E-state index contributed by atoms with van der Waals surface area (Å²) >= 11 is 1.61. The van der Waals surface area contributed by atoms with Gasteiger partial charge in [-0.1, -0.05) is 12.5 Å². The van der Waals surface area contributed by atoms with Crippen LogP contribution in [0, 0.1) is 6.92 Å². The first-order valence-electron chi connectivity index (χ1n) is 8.51. The number of carbonyl (C=O) groups excluding carboxylic acids is 1. The first kappa shape index (κ1) is 16.7. The number of anilines is 1. The molecule has 0 bridgehead atoms. The van der Waals surface area contributed by atoms with E-state index in [1.165, 1.54) is 0 Å². The zero-order valence-corrected chi connectivity index (χ0v) is 15.7. The SMILES string of the molecule is Cc1nc(-c2ccc3c(c2)CCN3C(=O)CS(=O)(=O)C2CCC2)cs1. The van der Waals surface area contributed by atoms with Gasteiger partial charge in [-0.3, -0.25) is 4.79 Å². The number of benzene rings is 1. The van der Waals surface area contributed by atoms with E-state index in [0.717, 1.165) is 40.4 Å². The van der Waals surface area contributed by atoms with Gasteiger partial charge in [0, 0.05) is 23.2 Å². The van der Waals surface area contributed by atoms with Crippen LogP contribution in [0.4, 0.5) is 5.69 Å². The van der Waals surface area contributed by atoms with E-state index >= 15 is 0 Å². The Morgan fingerprint density at radius 2 is 2.16 bits per heavy atom. The number of hydrogen-bond donors (Lipinski definition) is 0. The van der Waals surface area contributed by atoms with E-state index < -0.39 is 9.84 Å². The Bertz CT molecular complexity index is 930. The van der Waals surface area contributed by atoms with E-state index in [4.69, 9.17) is 0 Å². The highest BCUT2D eigenvalue weighted by atomic mass is 32.2. The van der Waals surface area contributed by atoms with Gasteiger partial charge in [0.15, 0.2) is 9.84 Å². The number of hydrogen-bond acceptors (Lipinski definition) is 5. The Morgan fingerprint density at radius 3 is 2.80 bits per heavy atom. The van der Waals surface area contributed by atoms with Gasteiger partial charge < -0.3 is 4.90 Å². The van der Waals surface area contributed by atoms with Crippen molar-refractivity contribution < 1.29 is 13.2 Å². The predicted molar refractivity (Wildman–Crippen MR) is 99.8 cm³/mol. The van der Waals surface area contributed by atoms with Crippen molar-refractivity contribution in [3.05, 3.63) is 34.2 Å². The molecule has 0 N–H and O–H groups in total. The molecular formula is C18H20N2O3S2. The van der Waals surface area contributed by atoms with Gasteiger partial charge in [0.05, 0.1) is 16.0 Å². The molecule has 1 aromatic carbocycles. The van der Waals surface area contributed by atoms with Crippen LogP contribution in [0.2, 0.25) is 0 Å². The van der Waals surface area contributed by atoms with Crippen molar-refractivity contribution >= 4 is 32.8 Å². The van der Waals surface area contributed by atoms with Crippen molar-refractivity contribution in [3.8, 4) is 11.3 Å². The van der Waals surface area contributed by atoms with Crippen molar-refractivity contribution in [3.63, 3.8) is 0 Å². The van der Waals surface area contributed by atoms with Gasteiger partial charge in [0.2, 0.25) is 5.91 Å². The molecule has 1 aliphatic heterocycles. The highest BCUT2D eigenvalue weighted by molar-refractivity contribution is 7.92. The van der Waals surface area contributed by atoms with Crippen LogP contribution >= 0.6 is 11.3 Å². The average Bonchev–Trinajstić information content (AvgIpc) is 3.09. The second kappa shape index (κ2) is 6.21. The van der Waals surface area contributed by atoms with Crippen LogP contribution < -0.4 is 4.90 Å². The molecule has 132 valence electrons. The summed E-state index contributed by atoms with van der Waals surface area (Å²) in [6.45, 7) is 2.53. The maximum absolute atomic E-state index is 12.6. The van der Waals surface area contributed by atoms with Crippen LogP contribution in [-0.4, -0.2) is 36.9 Å². The van der Waals surface area contributed by atoms with Crippen molar-refractivity contribution in [2.45, 2.75) is 37.9 Å². The minimum atomic E-state index is -3.31. The molecule has 2 aromatic rings. The molecule has 0 atom stereocenters. The molecule has 1 fully saturated rings. The molecule has 0 unspecified atom stereocenters. The Labute approximate surface area is 151 Å². The van der Waals surface area contributed by atoms with E-state index in [-0.39, 0.29) is 16.9 Å². The number of amides is 1. The van der Waals surface area contributed by atoms with Gasteiger partial charge in [0.25, 0.3) is 0 Å². The van der Waals surface area contributed by atoms with Gasteiger partial charge in [-0.2, -0.15) is 0 Å². The highest BCUT2D eigenvalue weighted by Crippen LogP contribution is 2.33. The van der Waals surface area contributed by atoms with Crippen molar-refractivity contribution in [1.29, 1.82) is 0 Å². The second-order valence-corrected chi connectivity index (χ2v) is 10.1. The Kier molecular flexibility index (Phi) is 4.16. The van der Waals surface area contributed by atoms with Crippen LogP contribution in [0.5, 0.6) is 0 Å². The monoisotopic (exact) mass is 376 g/mol. The lowest BCUT2D eigenvalue weighted by atomic mass is 10.0. The smallest absolute Gasteiger partial charge is 0.242 e. The summed E-state index contributed by atoms with van der Waals surface area (Å²) in [7, 11) is -3.31. The van der Waals surface area contributed by atoms with Crippen molar-refractivity contribution in [2.75, 3.05) is 17.2 Å². The molecule has 2 aliphatic rings. The molecule has 1 amide bonds. The molecule has 0 saturated heterocycles. The molecule has 4 rings (SSSR count). The largest absolute Gasteiger partial charge is 0.311 e. The Morgan fingerprint density at radius 1 is 1.36 bits per heavy atom. The minimum absolute atomic E-state index is 0.303. The molecule has 0 spiro atoms. The third kappa shape index (κ3) is 3.11. The highest BCUT2D eigenvalue weighted by Gasteiger charge is 2.35. The zero-order chi connectivity index (χ0) is 17.6. The summed E-state index contributed by atoms with van der Waals surface area (Å²) in [6.07, 6.45) is 3.09. The summed E-state index contributed by atoms with van der Waals surface area (Å²) < 4.78 is 24.6. The summed E-state index contributed by atoms with van der Waals surface area (Å²) in [6, 6.07) is 5.94. The van der Waals surface area contributed by atoms with E-state index in [1.54, 1.807) is 16.2 Å². The Balaban J connectivity index is 1.54. The van der Waals surface area contributed by atoms with Gasteiger partial charge in [-0.15, -0.1) is 11.3 Å². The number of fused-ring (bicyclic) bond motifs is 1. The van der Waals surface area contributed by atoms with Crippen LogP contribution in [-0.2, 0) is 21.1 Å². The minimum Gasteiger partial charge on any atom is -0.311 e. The molecule has 0 radical (unpaired) electrons. The first-order valence-corrected chi connectivity index (χ1v) is 11.1. The number of aromatic nitrogens is 1. The third-order valence-corrected chi connectivity index (χ3v) is 7.99. The van der Waals surface area contributed by atoms with Crippen LogP contribution in [0.3, 0.4) is 0 Å². The lowest BCUT2D eigenvalue weighted by molar-refractivity contribution is -0.116. The fourth-order valence-corrected chi connectivity index (χ4v) is 5.82. The number of sulfone groups is 1. The number of aryl methyl sites for hydroxylation is 1. The molecule has 1 aliphatic carbocycles. The van der Waals surface area contributed by atoms with Crippen LogP contribution in [0.15, 0.2) is 23.6 Å². The number of carbonyl (C=O) groups is 1. The summed E-state index contributed by atoms with van der Waals surface area (Å²) in [4.78, 5) is 18.7. The summed E-state index contributed by atoms with van der Waals surface area (Å²) in [5.74, 6) is -0.674. The molecule has 7 heteroatoms. The topological polar surface area (TPSA) is 67.3 Å². The molecule has 1 aromatic heterocycles. The van der Waals surface area contributed by atoms with Crippen molar-refractivity contribution in [2.24, 2.45) is 0 Å². The summed E-state index contributed by atoms with van der Waals surface area (Å²) in [5, 5.41) is 2.74. The lowest BCUT2D eigenvalue weighted by Gasteiger charge is -2.26. The van der Waals surface area contributed by atoms with E-state index in [9.17, 15) is 13.2 Å². The van der Waals surface area contributed by atoms with E-state index in [0.29, 0.717) is 19.4 Å². The first-order chi connectivity index (χ1) is 11.9. The van der Waals surface area contributed by atoms with E-state index in [2.05, 4.69) is 11.1 Å². The van der Waals surface area contributed by atoms with Gasteiger partial charge in [-0.05, 0) is 43.9 Å². The molecule has 5 nitrogen and oxygen atoms in total. The number of rotatable bonds is 4. The van der Waals surface area contributed by atoms with Crippen molar-refractivity contribution in [1.82, 2.24) is 4.98 Å². The van der Waals surface area contributed by atoms with Gasteiger partial charge in [0.1, 0.15) is 5.75 Å². The van der Waals surface area contributed by atoms with E-state index in [1.807, 2.05) is 24.4 Å². The number of nitrogens with zero attached hydrogens (tertiary/aromatic N) is 2. The third-order valence-electron chi connectivity index (χ3n) is 5.08. The molecule has 1 saturated carbocycles. The quantitative estimate of drug-likeness (QED) is 0.823. The fraction of sp³-hybridized carbons (Fsp3) is 0.444.